The average molecular weight is 251 g/mol. The monoisotopic (exact) mass is 251 g/mol. The van der Waals surface area contributed by atoms with Crippen LogP contribution in [0.4, 0.5) is 0 Å². The molecule has 2 nitrogen and oxygen atoms in total. The zero-order valence-electron chi connectivity index (χ0n) is 10.8. The van der Waals surface area contributed by atoms with Gasteiger partial charge in [0, 0.05) is 12.6 Å². The summed E-state index contributed by atoms with van der Waals surface area (Å²) in [4.78, 5) is 0. The molecule has 96 valence electrons. The number of nitrogens with one attached hydrogen (secondary N) is 1. The standard InChI is InChI=1S/C17H17NO/c19-10-9-17-14-7-3-1-5-12(14)11-16(18-17)13-6-2-4-8-15(13)17/h1-8,16,18-19H,9-11H2. The molecule has 19 heavy (non-hydrogen) atoms. The summed E-state index contributed by atoms with van der Waals surface area (Å²) in [5.41, 5.74) is 5.30. The third-order valence-electron chi connectivity index (χ3n) is 4.60. The van der Waals surface area contributed by atoms with Crippen molar-refractivity contribution in [2.24, 2.45) is 0 Å². The molecule has 2 bridgehead atoms. The van der Waals surface area contributed by atoms with Gasteiger partial charge in [-0.15, -0.1) is 0 Å². The van der Waals surface area contributed by atoms with E-state index in [4.69, 9.17) is 0 Å². The van der Waals surface area contributed by atoms with Gasteiger partial charge in [-0.25, -0.2) is 0 Å². The van der Waals surface area contributed by atoms with Crippen molar-refractivity contribution in [3.05, 3.63) is 70.8 Å². The Balaban J connectivity index is 2.01. The van der Waals surface area contributed by atoms with E-state index in [1.54, 1.807) is 0 Å². The van der Waals surface area contributed by atoms with Gasteiger partial charge in [0.15, 0.2) is 0 Å². The normalized spacial score (nSPS) is 26.9. The lowest BCUT2D eigenvalue weighted by Gasteiger charge is -2.37. The van der Waals surface area contributed by atoms with Crippen molar-refractivity contribution in [2.45, 2.75) is 24.4 Å². The fraction of sp³-hybridized carbons (Fsp3) is 0.294. The zero-order valence-corrected chi connectivity index (χ0v) is 10.8. The van der Waals surface area contributed by atoms with Crippen LogP contribution in [0.15, 0.2) is 48.5 Å². The summed E-state index contributed by atoms with van der Waals surface area (Å²) in [6.45, 7) is 0.197. The Morgan fingerprint density at radius 2 is 1.79 bits per heavy atom. The minimum absolute atomic E-state index is 0.190. The van der Waals surface area contributed by atoms with Gasteiger partial charge >= 0.3 is 0 Å². The number of aliphatic hydroxyl groups excluding tert-OH is 1. The first-order valence-corrected chi connectivity index (χ1v) is 6.91. The molecule has 0 spiro atoms. The minimum Gasteiger partial charge on any atom is -0.396 e. The SMILES string of the molecule is OCCC12NC(Cc3ccccc31)c1ccccc12. The van der Waals surface area contributed by atoms with E-state index in [9.17, 15) is 5.11 Å². The molecule has 0 fully saturated rings. The third kappa shape index (κ3) is 1.38. The Hall–Kier alpha value is -1.64. The van der Waals surface area contributed by atoms with E-state index in [0.29, 0.717) is 6.04 Å². The summed E-state index contributed by atoms with van der Waals surface area (Å²) in [5.74, 6) is 0. The van der Waals surface area contributed by atoms with Crippen LogP contribution in [-0.4, -0.2) is 11.7 Å². The maximum atomic E-state index is 9.54. The summed E-state index contributed by atoms with van der Waals surface area (Å²) in [6.07, 6.45) is 1.78. The first kappa shape index (κ1) is 11.2. The highest BCUT2D eigenvalue weighted by Crippen LogP contribution is 2.49. The zero-order chi connectivity index (χ0) is 12.9. The van der Waals surface area contributed by atoms with Gasteiger partial charge in [0.25, 0.3) is 0 Å². The fourth-order valence-electron chi connectivity index (χ4n) is 3.87. The second kappa shape index (κ2) is 3.92. The molecule has 0 amide bonds. The molecule has 2 aliphatic rings. The van der Waals surface area contributed by atoms with E-state index in [1.165, 1.54) is 22.3 Å². The minimum atomic E-state index is -0.190. The third-order valence-corrected chi connectivity index (χ3v) is 4.60. The van der Waals surface area contributed by atoms with Crippen molar-refractivity contribution >= 4 is 0 Å². The number of hydrogen-bond acceptors (Lipinski definition) is 2. The smallest absolute Gasteiger partial charge is 0.0723 e. The van der Waals surface area contributed by atoms with Gasteiger partial charge in [-0.3, -0.25) is 5.32 Å². The number of benzene rings is 2. The van der Waals surface area contributed by atoms with Crippen LogP contribution in [0.1, 0.15) is 34.7 Å². The van der Waals surface area contributed by atoms with E-state index in [2.05, 4.69) is 53.8 Å². The summed E-state index contributed by atoms with van der Waals surface area (Å²) in [6, 6.07) is 17.7. The lowest BCUT2D eigenvalue weighted by atomic mass is 9.78. The molecule has 2 heterocycles. The molecular weight excluding hydrogens is 234 g/mol. The lowest BCUT2D eigenvalue weighted by Crippen LogP contribution is -2.44. The molecule has 2 aromatic carbocycles. The van der Waals surface area contributed by atoms with Crippen LogP contribution >= 0.6 is 0 Å². The van der Waals surface area contributed by atoms with E-state index in [0.717, 1.165) is 12.8 Å². The predicted molar refractivity (Wildman–Crippen MR) is 74.9 cm³/mol. The maximum Gasteiger partial charge on any atom is 0.0723 e. The van der Waals surface area contributed by atoms with Crippen LogP contribution in [-0.2, 0) is 12.0 Å². The lowest BCUT2D eigenvalue weighted by molar-refractivity contribution is 0.226. The van der Waals surface area contributed by atoms with Crippen LogP contribution in [0.2, 0.25) is 0 Å². The van der Waals surface area contributed by atoms with E-state index in [1.807, 2.05) is 0 Å². The molecule has 2 heteroatoms. The van der Waals surface area contributed by atoms with Crippen molar-refractivity contribution in [1.82, 2.24) is 5.32 Å². The quantitative estimate of drug-likeness (QED) is 0.859. The Labute approximate surface area is 113 Å². The molecule has 0 aliphatic carbocycles. The van der Waals surface area contributed by atoms with E-state index in [-0.39, 0.29) is 12.1 Å². The van der Waals surface area contributed by atoms with Crippen molar-refractivity contribution in [1.29, 1.82) is 0 Å². The van der Waals surface area contributed by atoms with Crippen molar-refractivity contribution in [2.75, 3.05) is 6.61 Å². The second-order valence-electron chi connectivity index (χ2n) is 5.52. The Kier molecular flexibility index (Phi) is 2.32. The molecule has 2 N–H and O–H groups in total. The summed E-state index contributed by atoms with van der Waals surface area (Å²) < 4.78 is 0. The van der Waals surface area contributed by atoms with Gasteiger partial charge in [-0.05, 0) is 35.1 Å². The van der Waals surface area contributed by atoms with Gasteiger partial charge in [0.2, 0.25) is 0 Å². The molecule has 0 saturated heterocycles. The number of fused-ring (bicyclic) bond motifs is 7. The fourth-order valence-corrected chi connectivity index (χ4v) is 3.87. The van der Waals surface area contributed by atoms with E-state index < -0.39 is 0 Å². The van der Waals surface area contributed by atoms with Crippen LogP contribution in [0.5, 0.6) is 0 Å². The molecule has 2 aliphatic heterocycles. The number of aliphatic hydroxyl groups is 1. The van der Waals surface area contributed by atoms with Gasteiger partial charge in [0.05, 0.1) is 5.54 Å². The van der Waals surface area contributed by atoms with Crippen LogP contribution in [0.3, 0.4) is 0 Å². The molecule has 0 saturated carbocycles. The molecule has 2 aromatic rings. The van der Waals surface area contributed by atoms with E-state index >= 15 is 0 Å². The Morgan fingerprint density at radius 3 is 2.63 bits per heavy atom. The van der Waals surface area contributed by atoms with Gasteiger partial charge < -0.3 is 5.11 Å². The number of hydrogen-bond donors (Lipinski definition) is 2. The second-order valence-corrected chi connectivity index (χ2v) is 5.52. The average Bonchev–Trinajstić information content (AvgIpc) is 2.71. The molecule has 2 atom stereocenters. The Morgan fingerprint density at radius 1 is 1.05 bits per heavy atom. The highest BCUT2D eigenvalue weighted by Gasteiger charge is 2.47. The maximum absolute atomic E-state index is 9.54. The molecule has 0 radical (unpaired) electrons. The van der Waals surface area contributed by atoms with Gasteiger partial charge in [-0.2, -0.15) is 0 Å². The predicted octanol–water partition coefficient (Wildman–Crippen LogP) is 2.51. The van der Waals surface area contributed by atoms with Crippen molar-refractivity contribution in [3.8, 4) is 0 Å². The molecule has 0 aromatic heterocycles. The Bertz CT molecular complexity index is 624. The van der Waals surface area contributed by atoms with Gasteiger partial charge in [-0.1, -0.05) is 48.5 Å². The summed E-state index contributed by atoms with van der Waals surface area (Å²) in [5, 5.41) is 13.3. The highest BCUT2D eigenvalue weighted by molar-refractivity contribution is 5.54. The molecule has 2 unspecified atom stereocenters. The molecular formula is C17H17NO. The van der Waals surface area contributed by atoms with Gasteiger partial charge in [0.1, 0.15) is 0 Å². The highest BCUT2D eigenvalue weighted by atomic mass is 16.3. The molecule has 4 rings (SSSR count). The first-order chi connectivity index (χ1) is 9.35. The van der Waals surface area contributed by atoms with Crippen LogP contribution in [0, 0.1) is 0 Å². The topological polar surface area (TPSA) is 32.3 Å². The van der Waals surface area contributed by atoms with Crippen molar-refractivity contribution in [3.63, 3.8) is 0 Å². The number of rotatable bonds is 2. The van der Waals surface area contributed by atoms with Crippen LogP contribution < -0.4 is 5.32 Å². The summed E-state index contributed by atoms with van der Waals surface area (Å²) in [7, 11) is 0. The first-order valence-electron chi connectivity index (χ1n) is 6.91. The van der Waals surface area contributed by atoms with Crippen molar-refractivity contribution < 1.29 is 5.11 Å². The summed E-state index contributed by atoms with van der Waals surface area (Å²) >= 11 is 0. The van der Waals surface area contributed by atoms with Crippen LogP contribution in [0.25, 0.3) is 0 Å². The largest absolute Gasteiger partial charge is 0.396 e.